The van der Waals surface area contributed by atoms with Crippen LogP contribution in [0.4, 0.5) is 28.9 Å². The first kappa shape index (κ1) is 20.3. The Labute approximate surface area is 165 Å². The van der Waals surface area contributed by atoms with Gasteiger partial charge in [-0.2, -0.15) is 10.2 Å². The summed E-state index contributed by atoms with van der Waals surface area (Å²) in [7, 11) is 0. The number of azo groups is 1. The van der Waals surface area contributed by atoms with Crippen LogP contribution in [0.15, 0.2) is 58.8 Å². The van der Waals surface area contributed by atoms with Crippen LogP contribution in [-0.4, -0.2) is 0 Å². The molecule has 0 radical (unpaired) electrons. The molecule has 3 aromatic carbocycles. The Morgan fingerprint density at radius 1 is 0.724 bits per heavy atom. The molecule has 0 unspecified atom stereocenters. The van der Waals surface area contributed by atoms with Crippen LogP contribution in [0.5, 0.6) is 0 Å². The summed E-state index contributed by atoms with van der Waals surface area (Å²) in [5.74, 6) is 1.99. The second-order valence-corrected chi connectivity index (χ2v) is 6.35. The van der Waals surface area contributed by atoms with E-state index in [1.807, 2.05) is 6.92 Å². The summed E-state index contributed by atoms with van der Waals surface area (Å²) in [6.07, 6.45) is 0.609. The van der Waals surface area contributed by atoms with Crippen LogP contribution in [0, 0.1) is 42.0 Å². The van der Waals surface area contributed by atoms with Gasteiger partial charge >= 0.3 is 0 Å². The van der Waals surface area contributed by atoms with E-state index < -0.39 is 23.3 Å². The average molecular weight is 396 g/mol. The van der Waals surface area contributed by atoms with Gasteiger partial charge in [-0.3, -0.25) is 0 Å². The summed E-state index contributed by atoms with van der Waals surface area (Å²) in [6.45, 7) is 3.51. The van der Waals surface area contributed by atoms with Crippen molar-refractivity contribution in [2.24, 2.45) is 10.2 Å². The topological polar surface area (TPSA) is 24.7 Å². The maximum absolute atomic E-state index is 14.0. The number of halogens is 4. The molecular weight excluding hydrogens is 380 g/mol. The minimum atomic E-state index is -1.00. The molecule has 0 saturated heterocycles. The highest BCUT2D eigenvalue weighted by molar-refractivity contribution is 5.53. The zero-order valence-corrected chi connectivity index (χ0v) is 15.7. The van der Waals surface area contributed by atoms with Crippen LogP contribution in [-0.2, 0) is 6.42 Å². The van der Waals surface area contributed by atoms with Crippen molar-refractivity contribution >= 4 is 11.4 Å². The molecule has 0 bridgehead atoms. The molecule has 0 aromatic heterocycles. The predicted octanol–water partition coefficient (Wildman–Crippen LogP) is 6.93. The standard InChI is InChI=1S/C23H16F4N2/c1-3-15-12-17(28-29-18-7-9-20(24)23(27)13-18)6-4-16(15)5-8-19-21(25)10-14(2)11-22(19)26/h4,6-7,9-13H,3H2,1-2H3. The van der Waals surface area contributed by atoms with Crippen molar-refractivity contribution in [3.05, 3.63) is 94.1 Å². The molecule has 0 amide bonds. The molecule has 0 aliphatic heterocycles. The Kier molecular flexibility index (Phi) is 6.08. The van der Waals surface area contributed by atoms with Gasteiger partial charge in [0.2, 0.25) is 0 Å². The lowest BCUT2D eigenvalue weighted by Gasteiger charge is -2.03. The second-order valence-electron chi connectivity index (χ2n) is 6.35. The molecule has 6 heteroatoms. The maximum atomic E-state index is 14.0. The summed E-state index contributed by atoms with van der Waals surface area (Å²) < 4.78 is 54.1. The first-order chi connectivity index (χ1) is 13.9. The van der Waals surface area contributed by atoms with Crippen LogP contribution in [0.3, 0.4) is 0 Å². The van der Waals surface area contributed by atoms with Gasteiger partial charge in [-0.1, -0.05) is 18.8 Å². The molecule has 0 aliphatic carbocycles. The van der Waals surface area contributed by atoms with Gasteiger partial charge < -0.3 is 0 Å². The normalized spacial score (nSPS) is 10.8. The lowest BCUT2D eigenvalue weighted by atomic mass is 10.0. The van der Waals surface area contributed by atoms with Crippen LogP contribution in [0.1, 0.15) is 29.2 Å². The lowest BCUT2D eigenvalue weighted by Crippen LogP contribution is -1.92. The molecule has 146 valence electrons. The number of aryl methyl sites for hydroxylation is 2. The van der Waals surface area contributed by atoms with Gasteiger partial charge in [0.05, 0.1) is 16.9 Å². The van der Waals surface area contributed by atoms with Crippen molar-refractivity contribution in [1.82, 2.24) is 0 Å². The molecule has 0 spiro atoms. The fourth-order valence-electron chi connectivity index (χ4n) is 2.67. The van der Waals surface area contributed by atoms with E-state index >= 15 is 0 Å². The summed E-state index contributed by atoms with van der Waals surface area (Å²) in [5, 5.41) is 7.91. The first-order valence-corrected chi connectivity index (χ1v) is 8.84. The Morgan fingerprint density at radius 3 is 1.97 bits per heavy atom. The fourth-order valence-corrected chi connectivity index (χ4v) is 2.67. The van der Waals surface area contributed by atoms with Gasteiger partial charge in [0.25, 0.3) is 0 Å². The molecule has 3 rings (SSSR count). The minimum Gasteiger partial charge on any atom is -0.206 e. The summed E-state index contributed by atoms with van der Waals surface area (Å²) in [5.41, 5.74) is 2.29. The molecule has 0 fully saturated rings. The van der Waals surface area contributed by atoms with Gasteiger partial charge in [-0.15, -0.1) is 0 Å². The van der Waals surface area contributed by atoms with Crippen LogP contribution in [0.25, 0.3) is 0 Å². The molecular formula is C23H16F4N2. The molecule has 3 aromatic rings. The zero-order chi connectivity index (χ0) is 21.0. The highest BCUT2D eigenvalue weighted by Crippen LogP contribution is 2.23. The van der Waals surface area contributed by atoms with Crippen molar-refractivity contribution in [2.45, 2.75) is 20.3 Å². The largest absolute Gasteiger partial charge is 0.206 e. The maximum Gasteiger partial charge on any atom is 0.161 e. The molecule has 0 N–H and O–H groups in total. The number of rotatable bonds is 3. The third-order valence-corrected chi connectivity index (χ3v) is 4.16. The van der Waals surface area contributed by atoms with Gasteiger partial charge in [-0.25, -0.2) is 17.6 Å². The molecule has 2 nitrogen and oxygen atoms in total. The number of benzene rings is 3. The van der Waals surface area contributed by atoms with E-state index in [0.29, 0.717) is 23.2 Å². The quantitative estimate of drug-likeness (QED) is 0.261. The van der Waals surface area contributed by atoms with E-state index in [1.165, 1.54) is 18.2 Å². The Bertz CT molecular complexity index is 1130. The lowest BCUT2D eigenvalue weighted by molar-refractivity contribution is 0.509. The summed E-state index contributed by atoms with van der Waals surface area (Å²) in [4.78, 5) is 0. The third-order valence-electron chi connectivity index (χ3n) is 4.16. The minimum absolute atomic E-state index is 0.177. The van der Waals surface area contributed by atoms with Crippen LogP contribution >= 0.6 is 0 Å². The van der Waals surface area contributed by atoms with Gasteiger partial charge in [-0.05, 0) is 66.9 Å². The van der Waals surface area contributed by atoms with E-state index in [4.69, 9.17) is 0 Å². The smallest absolute Gasteiger partial charge is 0.161 e. The zero-order valence-electron chi connectivity index (χ0n) is 15.7. The van der Waals surface area contributed by atoms with Gasteiger partial charge in [0.1, 0.15) is 11.6 Å². The second kappa shape index (κ2) is 8.70. The average Bonchev–Trinajstić information content (AvgIpc) is 2.68. The first-order valence-electron chi connectivity index (χ1n) is 8.84. The highest BCUT2D eigenvalue weighted by atomic mass is 19.2. The van der Waals surface area contributed by atoms with Crippen LogP contribution in [0.2, 0.25) is 0 Å². The summed E-state index contributed by atoms with van der Waals surface area (Å²) in [6, 6.07) is 10.7. The van der Waals surface area contributed by atoms with E-state index in [1.54, 1.807) is 25.1 Å². The van der Waals surface area contributed by atoms with Crippen molar-refractivity contribution in [3.8, 4) is 11.8 Å². The SMILES string of the molecule is CCc1cc(N=Nc2ccc(F)c(F)c2)ccc1C#Cc1c(F)cc(C)cc1F. The monoisotopic (exact) mass is 396 g/mol. The van der Waals surface area contributed by atoms with Crippen molar-refractivity contribution in [3.63, 3.8) is 0 Å². The third kappa shape index (κ3) is 4.88. The van der Waals surface area contributed by atoms with Crippen LogP contribution < -0.4 is 0 Å². The predicted molar refractivity (Wildman–Crippen MR) is 103 cm³/mol. The Balaban J connectivity index is 1.88. The number of hydrogen-bond donors (Lipinski definition) is 0. The molecule has 0 atom stereocenters. The number of hydrogen-bond acceptors (Lipinski definition) is 2. The van der Waals surface area contributed by atoms with Gasteiger partial charge in [0, 0.05) is 11.6 Å². The Hall–Kier alpha value is -3.46. The molecule has 0 heterocycles. The van der Waals surface area contributed by atoms with E-state index in [9.17, 15) is 17.6 Å². The summed E-state index contributed by atoms with van der Waals surface area (Å²) >= 11 is 0. The van der Waals surface area contributed by atoms with Gasteiger partial charge in [0.15, 0.2) is 11.6 Å². The van der Waals surface area contributed by atoms with E-state index in [0.717, 1.165) is 17.7 Å². The van der Waals surface area contributed by atoms with Crippen molar-refractivity contribution in [2.75, 3.05) is 0 Å². The molecule has 0 aliphatic rings. The number of nitrogens with zero attached hydrogens (tertiary/aromatic N) is 2. The highest BCUT2D eigenvalue weighted by Gasteiger charge is 2.08. The van der Waals surface area contributed by atoms with Crippen molar-refractivity contribution < 1.29 is 17.6 Å². The molecule has 29 heavy (non-hydrogen) atoms. The van der Waals surface area contributed by atoms with Crippen molar-refractivity contribution in [1.29, 1.82) is 0 Å². The van der Waals surface area contributed by atoms with E-state index in [2.05, 4.69) is 22.1 Å². The fraction of sp³-hybridized carbons (Fsp3) is 0.130. The molecule has 0 saturated carbocycles. The van der Waals surface area contributed by atoms with E-state index in [-0.39, 0.29) is 11.3 Å². The Morgan fingerprint density at radius 2 is 1.34 bits per heavy atom.